The standard InChI is InChI=1S/C26H25N3O3S2/c1-3-18-8-13-23-24(16-18)33-26(28(23)2)27-25(30)20-9-11-22(12-10-20)34(31,32)29-15-14-19-6-4-5-7-21(19)17-29/h4-13,16H,3,14-15,17H2,1-2H3. The number of rotatable bonds is 4. The lowest BCUT2D eigenvalue weighted by molar-refractivity contribution is 0.0998. The molecular weight excluding hydrogens is 466 g/mol. The summed E-state index contributed by atoms with van der Waals surface area (Å²) < 4.78 is 30.8. The fourth-order valence-electron chi connectivity index (χ4n) is 4.25. The van der Waals surface area contributed by atoms with Crippen LogP contribution in [0.1, 0.15) is 34.0 Å². The number of benzene rings is 3. The third-order valence-electron chi connectivity index (χ3n) is 6.31. The monoisotopic (exact) mass is 491 g/mol. The average molecular weight is 492 g/mol. The smallest absolute Gasteiger partial charge is 0.279 e. The number of carbonyl (C=O) groups is 1. The maximum absolute atomic E-state index is 13.2. The summed E-state index contributed by atoms with van der Waals surface area (Å²) in [6, 6.07) is 20.3. The SMILES string of the molecule is CCc1ccc2c(c1)sc(=NC(=O)c1ccc(S(=O)(=O)N3CCc4ccccc4C3)cc1)n2C. The Morgan fingerprint density at radius 2 is 1.76 bits per heavy atom. The highest BCUT2D eigenvalue weighted by Crippen LogP contribution is 2.25. The molecule has 1 amide bonds. The number of amides is 1. The highest BCUT2D eigenvalue weighted by Gasteiger charge is 2.28. The number of aromatic nitrogens is 1. The van der Waals surface area contributed by atoms with Gasteiger partial charge in [0, 0.05) is 25.7 Å². The van der Waals surface area contributed by atoms with Gasteiger partial charge in [0.1, 0.15) is 0 Å². The minimum absolute atomic E-state index is 0.183. The number of thiazole rings is 1. The van der Waals surface area contributed by atoms with Crippen molar-refractivity contribution < 1.29 is 13.2 Å². The van der Waals surface area contributed by atoms with Crippen molar-refractivity contribution in [3.05, 3.63) is 93.8 Å². The van der Waals surface area contributed by atoms with Gasteiger partial charge in [-0.2, -0.15) is 9.30 Å². The van der Waals surface area contributed by atoms with Crippen molar-refractivity contribution in [2.24, 2.45) is 12.0 Å². The third-order valence-corrected chi connectivity index (χ3v) is 9.27. The number of carbonyl (C=O) groups excluding carboxylic acids is 1. The minimum atomic E-state index is -3.65. The second-order valence-electron chi connectivity index (χ2n) is 8.40. The van der Waals surface area contributed by atoms with Gasteiger partial charge >= 0.3 is 0 Å². The van der Waals surface area contributed by atoms with Crippen LogP contribution in [-0.2, 0) is 36.5 Å². The summed E-state index contributed by atoms with van der Waals surface area (Å²) in [7, 11) is -1.76. The molecule has 0 fully saturated rings. The first-order valence-corrected chi connectivity index (χ1v) is 13.5. The predicted octanol–water partition coefficient (Wildman–Crippen LogP) is 4.29. The Balaban J connectivity index is 1.39. The molecule has 0 N–H and O–H groups in total. The summed E-state index contributed by atoms with van der Waals surface area (Å²) in [6.07, 6.45) is 1.64. The molecule has 1 aliphatic heterocycles. The molecular formula is C26H25N3O3S2. The summed E-state index contributed by atoms with van der Waals surface area (Å²) in [5, 5.41) is 0. The molecule has 0 unspecified atom stereocenters. The highest BCUT2D eigenvalue weighted by atomic mass is 32.2. The third kappa shape index (κ3) is 4.13. The van der Waals surface area contributed by atoms with E-state index in [-0.39, 0.29) is 4.90 Å². The highest BCUT2D eigenvalue weighted by molar-refractivity contribution is 7.89. The number of nitrogens with zero attached hydrogens (tertiary/aromatic N) is 3. The molecule has 0 bridgehead atoms. The number of aryl methyl sites for hydroxylation is 2. The van der Waals surface area contributed by atoms with Crippen LogP contribution in [0.5, 0.6) is 0 Å². The molecule has 34 heavy (non-hydrogen) atoms. The zero-order chi connectivity index (χ0) is 23.9. The van der Waals surface area contributed by atoms with E-state index in [2.05, 4.69) is 24.0 Å². The van der Waals surface area contributed by atoms with Crippen molar-refractivity contribution in [1.82, 2.24) is 8.87 Å². The molecule has 1 aliphatic rings. The van der Waals surface area contributed by atoms with Crippen LogP contribution in [0.4, 0.5) is 0 Å². The maximum atomic E-state index is 13.2. The van der Waals surface area contributed by atoms with Crippen LogP contribution >= 0.6 is 11.3 Å². The largest absolute Gasteiger partial charge is 0.319 e. The van der Waals surface area contributed by atoms with Crippen molar-refractivity contribution in [1.29, 1.82) is 0 Å². The molecule has 4 aromatic rings. The molecule has 0 saturated carbocycles. The van der Waals surface area contributed by atoms with Crippen LogP contribution in [0.15, 0.2) is 76.6 Å². The van der Waals surface area contributed by atoms with Crippen molar-refractivity contribution in [3.8, 4) is 0 Å². The Morgan fingerprint density at radius 3 is 2.50 bits per heavy atom. The lowest BCUT2D eigenvalue weighted by Crippen LogP contribution is -2.35. The Hall–Kier alpha value is -3.07. The number of fused-ring (bicyclic) bond motifs is 2. The van der Waals surface area contributed by atoms with Crippen LogP contribution in [0, 0.1) is 0 Å². The van der Waals surface area contributed by atoms with Gasteiger partial charge in [0.2, 0.25) is 10.0 Å². The molecule has 0 saturated heterocycles. The molecule has 2 heterocycles. The fraction of sp³-hybridized carbons (Fsp3) is 0.231. The zero-order valence-electron chi connectivity index (χ0n) is 19.1. The summed E-state index contributed by atoms with van der Waals surface area (Å²) in [4.78, 5) is 17.9. The average Bonchev–Trinajstić information content (AvgIpc) is 3.17. The Labute approximate surface area is 202 Å². The number of hydrogen-bond acceptors (Lipinski definition) is 4. The van der Waals surface area contributed by atoms with Crippen LogP contribution in [0.2, 0.25) is 0 Å². The van der Waals surface area contributed by atoms with Gasteiger partial charge < -0.3 is 4.57 Å². The predicted molar refractivity (Wildman–Crippen MR) is 134 cm³/mol. The summed E-state index contributed by atoms with van der Waals surface area (Å²) in [6.45, 7) is 2.91. The van der Waals surface area contributed by atoms with E-state index in [0.717, 1.165) is 22.2 Å². The molecule has 0 aliphatic carbocycles. The molecule has 0 spiro atoms. The van der Waals surface area contributed by atoms with Gasteiger partial charge in [-0.3, -0.25) is 4.79 Å². The Kier molecular flexibility index (Phi) is 5.97. The van der Waals surface area contributed by atoms with E-state index >= 15 is 0 Å². The van der Waals surface area contributed by atoms with Crippen molar-refractivity contribution in [2.75, 3.05) is 6.54 Å². The summed E-state index contributed by atoms with van der Waals surface area (Å²) in [5.41, 5.74) is 4.84. The van der Waals surface area contributed by atoms with Crippen LogP contribution in [0.25, 0.3) is 10.2 Å². The van der Waals surface area contributed by atoms with E-state index in [4.69, 9.17) is 0 Å². The van der Waals surface area contributed by atoms with E-state index in [1.54, 1.807) is 12.1 Å². The van der Waals surface area contributed by atoms with Gasteiger partial charge in [-0.05, 0) is 65.9 Å². The molecule has 5 rings (SSSR count). The summed E-state index contributed by atoms with van der Waals surface area (Å²) in [5.74, 6) is -0.395. The van der Waals surface area contributed by atoms with E-state index in [9.17, 15) is 13.2 Å². The molecule has 6 nitrogen and oxygen atoms in total. The maximum Gasteiger partial charge on any atom is 0.279 e. The molecule has 1 aromatic heterocycles. The van der Waals surface area contributed by atoms with Crippen LogP contribution < -0.4 is 4.80 Å². The topological polar surface area (TPSA) is 71.7 Å². The molecule has 0 atom stereocenters. The van der Waals surface area contributed by atoms with Crippen LogP contribution in [-0.4, -0.2) is 29.7 Å². The normalized spacial score (nSPS) is 14.9. The lowest BCUT2D eigenvalue weighted by Gasteiger charge is -2.28. The van der Waals surface area contributed by atoms with Gasteiger partial charge in [-0.15, -0.1) is 0 Å². The first kappa shape index (κ1) is 22.7. The second-order valence-corrected chi connectivity index (χ2v) is 11.3. The Bertz CT molecular complexity index is 1570. The van der Waals surface area contributed by atoms with E-state index in [1.807, 2.05) is 41.9 Å². The first-order chi connectivity index (χ1) is 16.4. The van der Waals surface area contributed by atoms with Gasteiger partial charge in [-0.1, -0.05) is 48.6 Å². The van der Waals surface area contributed by atoms with E-state index in [0.29, 0.717) is 29.9 Å². The first-order valence-electron chi connectivity index (χ1n) is 11.2. The van der Waals surface area contributed by atoms with E-state index in [1.165, 1.54) is 38.9 Å². The number of hydrogen-bond donors (Lipinski definition) is 0. The summed E-state index contributed by atoms with van der Waals surface area (Å²) >= 11 is 1.47. The van der Waals surface area contributed by atoms with Gasteiger partial charge in [0.25, 0.3) is 5.91 Å². The van der Waals surface area contributed by atoms with Gasteiger partial charge in [-0.25, -0.2) is 8.42 Å². The molecule has 8 heteroatoms. The molecule has 3 aromatic carbocycles. The fourth-order valence-corrected chi connectivity index (χ4v) is 6.75. The van der Waals surface area contributed by atoms with Gasteiger partial charge in [0.15, 0.2) is 4.80 Å². The quantitative estimate of drug-likeness (QED) is 0.428. The molecule has 174 valence electrons. The second kappa shape index (κ2) is 8.94. The molecule has 0 radical (unpaired) electrons. The van der Waals surface area contributed by atoms with Crippen LogP contribution in [0.3, 0.4) is 0 Å². The van der Waals surface area contributed by atoms with Crippen molar-refractivity contribution in [2.45, 2.75) is 31.2 Å². The van der Waals surface area contributed by atoms with Crippen molar-refractivity contribution in [3.63, 3.8) is 0 Å². The van der Waals surface area contributed by atoms with E-state index < -0.39 is 15.9 Å². The number of sulfonamides is 1. The van der Waals surface area contributed by atoms with Gasteiger partial charge in [0.05, 0.1) is 15.1 Å². The Morgan fingerprint density at radius 1 is 1.03 bits per heavy atom. The van der Waals surface area contributed by atoms with Crippen molar-refractivity contribution >= 4 is 37.5 Å². The zero-order valence-corrected chi connectivity index (χ0v) is 20.7. The lowest BCUT2D eigenvalue weighted by atomic mass is 10.0. The minimum Gasteiger partial charge on any atom is -0.319 e.